The van der Waals surface area contributed by atoms with E-state index in [9.17, 15) is 4.79 Å². The fourth-order valence-electron chi connectivity index (χ4n) is 3.95. The van der Waals surface area contributed by atoms with Gasteiger partial charge in [0.15, 0.2) is 0 Å². The van der Waals surface area contributed by atoms with Crippen LogP contribution in [-0.4, -0.2) is 51.7 Å². The number of aryl methyl sites for hydroxylation is 1. The highest BCUT2D eigenvalue weighted by atomic mass is 16.2. The Hall–Kier alpha value is -2.14. The second-order valence-electron chi connectivity index (χ2n) is 7.39. The van der Waals surface area contributed by atoms with Gasteiger partial charge in [-0.2, -0.15) is 5.10 Å². The topological polar surface area (TPSA) is 41.4 Å². The summed E-state index contributed by atoms with van der Waals surface area (Å²) in [4.78, 5) is 17.7. The number of carbonyl (C=O) groups excluding carboxylic acids is 1. The number of amides is 1. The first kappa shape index (κ1) is 16.3. The molecular formula is C20H26N4O. The molecule has 0 radical (unpaired) electrons. The van der Waals surface area contributed by atoms with Gasteiger partial charge in [0.05, 0.1) is 11.6 Å². The van der Waals surface area contributed by atoms with E-state index in [0.717, 1.165) is 52.0 Å². The SMILES string of the molecule is Cn1cc(CN2CCCN(C(=O)C3(c4ccccc4)CC3)CC2)cn1. The summed E-state index contributed by atoms with van der Waals surface area (Å²) in [6.45, 7) is 4.59. The summed E-state index contributed by atoms with van der Waals surface area (Å²) in [6, 6.07) is 10.3. The molecule has 1 aliphatic heterocycles. The Bertz CT molecular complexity index is 735. The van der Waals surface area contributed by atoms with Crippen LogP contribution in [0.1, 0.15) is 30.4 Å². The minimum absolute atomic E-state index is 0.236. The summed E-state index contributed by atoms with van der Waals surface area (Å²) in [5, 5.41) is 4.25. The van der Waals surface area contributed by atoms with E-state index in [1.165, 1.54) is 11.1 Å². The van der Waals surface area contributed by atoms with Gasteiger partial charge < -0.3 is 4.90 Å². The van der Waals surface area contributed by atoms with Gasteiger partial charge >= 0.3 is 0 Å². The lowest BCUT2D eigenvalue weighted by atomic mass is 9.94. The van der Waals surface area contributed by atoms with Crippen LogP contribution in [0.15, 0.2) is 42.7 Å². The van der Waals surface area contributed by atoms with E-state index >= 15 is 0 Å². The predicted octanol–water partition coefficient (Wildman–Crippen LogP) is 2.19. The molecule has 4 rings (SSSR count). The summed E-state index contributed by atoms with van der Waals surface area (Å²) < 4.78 is 1.85. The minimum Gasteiger partial charge on any atom is -0.341 e. The van der Waals surface area contributed by atoms with Crippen LogP contribution in [0, 0.1) is 0 Å². The Morgan fingerprint density at radius 1 is 1.12 bits per heavy atom. The molecule has 1 aromatic carbocycles. The number of aromatic nitrogens is 2. The first-order valence-corrected chi connectivity index (χ1v) is 9.22. The zero-order valence-corrected chi connectivity index (χ0v) is 14.9. The maximum absolute atomic E-state index is 13.2. The molecule has 5 heteroatoms. The van der Waals surface area contributed by atoms with Crippen molar-refractivity contribution in [1.82, 2.24) is 19.6 Å². The van der Waals surface area contributed by atoms with Gasteiger partial charge in [0.2, 0.25) is 5.91 Å². The van der Waals surface area contributed by atoms with E-state index in [1.807, 2.05) is 36.1 Å². The largest absolute Gasteiger partial charge is 0.341 e. The monoisotopic (exact) mass is 338 g/mol. The van der Waals surface area contributed by atoms with Crippen molar-refractivity contribution in [2.24, 2.45) is 7.05 Å². The Morgan fingerprint density at radius 3 is 2.60 bits per heavy atom. The predicted molar refractivity (Wildman–Crippen MR) is 97.0 cm³/mol. The lowest BCUT2D eigenvalue weighted by Crippen LogP contribution is -2.41. The van der Waals surface area contributed by atoms with Crippen molar-refractivity contribution in [3.8, 4) is 0 Å². The molecule has 1 aromatic heterocycles. The van der Waals surface area contributed by atoms with E-state index in [0.29, 0.717) is 5.91 Å². The minimum atomic E-state index is -0.236. The van der Waals surface area contributed by atoms with Gasteiger partial charge in [-0.25, -0.2) is 0 Å². The van der Waals surface area contributed by atoms with Crippen molar-refractivity contribution >= 4 is 5.91 Å². The smallest absolute Gasteiger partial charge is 0.233 e. The molecule has 25 heavy (non-hydrogen) atoms. The van der Waals surface area contributed by atoms with E-state index in [2.05, 4.69) is 33.2 Å². The van der Waals surface area contributed by atoms with Gasteiger partial charge in [-0.1, -0.05) is 30.3 Å². The quantitative estimate of drug-likeness (QED) is 0.858. The third-order valence-corrected chi connectivity index (χ3v) is 5.53. The number of benzene rings is 1. The Morgan fingerprint density at radius 2 is 1.92 bits per heavy atom. The molecule has 0 bridgehead atoms. The molecule has 1 aliphatic carbocycles. The number of rotatable bonds is 4. The highest BCUT2D eigenvalue weighted by Crippen LogP contribution is 2.49. The fraction of sp³-hybridized carbons (Fsp3) is 0.500. The van der Waals surface area contributed by atoms with Gasteiger partial charge in [-0.05, 0) is 24.8 Å². The van der Waals surface area contributed by atoms with E-state index in [4.69, 9.17) is 0 Å². The second kappa shape index (κ2) is 6.64. The highest BCUT2D eigenvalue weighted by Gasteiger charge is 2.52. The third-order valence-electron chi connectivity index (χ3n) is 5.53. The highest BCUT2D eigenvalue weighted by molar-refractivity contribution is 5.91. The molecule has 132 valence electrons. The van der Waals surface area contributed by atoms with Crippen molar-refractivity contribution < 1.29 is 4.79 Å². The molecule has 0 unspecified atom stereocenters. The molecule has 2 heterocycles. The number of carbonyl (C=O) groups is 1. The number of hydrogen-bond acceptors (Lipinski definition) is 3. The van der Waals surface area contributed by atoms with Gasteiger partial charge in [0, 0.05) is 51.5 Å². The summed E-state index contributed by atoms with van der Waals surface area (Å²) in [6.07, 6.45) is 7.03. The summed E-state index contributed by atoms with van der Waals surface area (Å²) in [7, 11) is 1.95. The Kier molecular flexibility index (Phi) is 4.34. The first-order valence-electron chi connectivity index (χ1n) is 9.22. The molecule has 5 nitrogen and oxygen atoms in total. The Balaban J connectivity index is 1.40. The maximum Gasteiger partial charge on any atom is 0.233 e. The standard InChI is InChI=1S/C20H26N4O/c1-22-15-17(14-21-22)16-23-10-5-11-24(13-12-23)19(25)20(8-9-20)18-6-3-2-4-7-18/h2-4,6-7,14-15H,5,8-13,16H2,1H3. The zero-order valence-electron chi connectivity index (χ0n) is 14.9. The summed E-state index contributed by atoms with van der Waals surface area (Å²) in [5.74, 6) is 0.335. The van der Waals surface area contributed by atoms with Gasteiger partial charge in [-0.3, -0.25) is 14.4 Å². The van der Waals surface area contributed by atoms with Crippen molar-refractivity contribution in [2.45, 2.75) is 31.2 Å². The molecule has 1 saturated carbocycles. The van der Waals surface area contributed by atoms with E-state index in [-0.39, 0.29) is 5.41 Å². The fourth-order valence-corrected chi connectivity index (χ4v) is 3.95. The summed E-state index contributed by atoms with van der Waals surface area (Å²) in [5.41, 5.74) is 2.20. The number of nitrogens with zero attached hydrogens (tertiary/aromatic N) is 4. The van der Waals surface area contributed by atoms with Gasteiger partial charge in [-0.15, -0.1) is 0 Å². The second-order valence-corrected chi connectivity index (χ2v) is 7.39. The van der Waals surface area contributed by atoms with Crippen LogP contribution < -0.4 is 0 Å². The normalized spacial score (nSPS) is 20.3. The molecule has 0 atom stereocenters. The molecule has 2 fully saturated rings. The van der Waals surface area contributed by atoms with Crippen molar-refractivity contribution in [2.75, 3.05) is 26.2 Å². The van der Waals surface area contributed by atoms with E-state index in [1.54, 1.807) is 0 Å². The van der Waals surface area contributed by atoms with Crippen LogP contribution in [0.5, 0.6) is 0 Å². The third kappa shape index (κ3) is 3.33. The average Bonchev–Trinajstić information content (AvgIpc) is 3.38. The van der Waals surface area contributed by atoms with Crippen LogP contribution >= 0.6 is 0 Å². The molecule has 1 saturated heterocycles. The van der Waals surface area contributed by atoms with Crippen molar-refractivity contribution in [3.05, 3.63) is 53.9 Å². The Labute approximate surface area is 149 Å². The molecule has 2 aromatic rings. The van der Waals surface area contributed by atoms with Gasteiger partial charge in [0.25, 0.3) is 0 Å². The molecule has 0 spiro atoms. The number of hydrogen-bond donors (Lipinski definition) is 0. The van der Waals surface area contributed by atoms with Crippen molar-refractivity contribution in [3.63, 3.8) is 0 Å². The zero-order chi connectivity index (χ0) is 17.3. The maximum atomic E-state index is 13.2. The van der Waals surface area contributed by atoms with Crippen molar-refractivity contribution in [1.29, 1.82) is 0 Å². The molecular weight excluding hydrogens is 312 g/mol. The summed E-state index contributed by atoms with van der Waals surface area (Å²) >= 11 is 0. The van der Waals surface area contributed by atoms with Crippen LogP contribution in [0.3, 0.4) is 0 Å². The molecule has 2 aliphatic rings. The van der Waals surface area contributed by atoms with Crippen LogP contribution in [0.2, 0.25) is 0 Å². The van der Waals surface area contributed by atoms with E-state index < -0.39 is 0 Å². The van der Waals surface area contributed by atoms with Crippen LogP contribution in [0.4, 0.5) is 0 Å². The van der Waals surface area contributed by atoms with Crippen LogP contribution in [0.25, 0.3) is 0 Å². The van der Waals surface area contributed by atoms with Crippen LogP contribution in [-0.2, 0) is 23.8 Å². The lowest BCUT2D eigenvalue weighted by molar-refractivity contribution is -0.133. The van der Waals surface area contributed by atoms with Gasteiger partial charge in [0.1, 0.15) is 0 Å². The lowest BCUT2D eigenvalue weighted by Gasteiger charge is -2.26. The molecule has 1 amide bonds. The molecule has 0 N–H and O–H groups in total. The first-order chi connectivity index (χ1) is 12.2. The average molecular weight is 338 g/mol.